The lowest BCUT2D eigenvalue weighted by Gasteiger charge is -2.18. The number of Topliss-reactive ketones (excluding diaryl/α,β-unsaturated/α-hetero) is 1. The van der Waals surface area contributed by atoms with Crippen molar-refractivity contribution in [3.05, 3.63) is 87.4 Å². The first-order valence-electron chi connectivity index (χ1n) is 8.77. The highest BCUT2D eigenvalue weighted by atomic mass is 35.5. The van der Waals surface area contributed by atoms with E-state index in [2.05, 4.69) is 0 Å². The fraction of sp³-hybridized carbons (Fsp3) is 0.182. The molecule has 2 N–H and O–H groups in total. The molecule has 28 heavy (non-hydrogen) atoms. The molecular formula is C22H16Cl2O4. The van der Waals surface area contributed by atoms with E-state index >= 15 is 0 Å². The largest absolute Gasteiger partial charge is 0.388 e. The van der Waals surface area contributed by atoms with Crippen LogP contribution >= 0.6 is 23.2 Å². The van der Waals surface area contributed by atoms with Crippen molar-refractivity contribution in [2.45, 2.75) is 24.0 Å². The van der Waals surface area contributed by atoms with E-state index in [0.29, 0.717) is 27.3 Å². The zero-order valence-electron chi connectivity index (χ0n) is 14.5. The van der Waals surface area contributed by atoms with E-state index < -0.39 is 24.0 Å². The van der Waals surface area contributed by atoms with Gasteiger partial charge in [-0.15, -0.1) is 0 Å². The first kappa shape index (κ1) is 19.1. The van der Waals surface area contributed by atoms with Crippen LogP contribution in [0.4, 0.5) is 0 Å². The first-order chi connectivity index (χ1) is 13.4. The van der Waals surface area contributed by atoms with Gasteiger partial charge in [-0.1, -0.05) is 59.6 Å². The zero-order valence-corrected chi connectivity index (χ0v) is 16.1. The van der Waals surface area contributed by atoms with E-state index in [1.165, 1.54) is 18.2 Å². The lowest BCUT2D eigenvalue weighted by atomic mass is 9.88. The number of benzene rings is 2. The molecule has 4 atom stereocenters. The molecule has 0 saturated heterocycles. The molecule has 0 amide bonds. The standard InChI is InChI=1S/C22H16Cl2O4/c23-12-6-4-11(5-7-12)19-18(27)10-15(22(19)28)13-2-1-3-14(21(13)24)20-16(25)8-9-17(20)26/h1-10,16,18-20,25,27H/t16-,18-,19?,20?/m0/s1. The van der Waals surface area contributed by atoms with Gasteiger partial charge < -0.3 is 10.2 Å². The van der Waals surface area contributed by atoms with Gasteiger partial charge in [0.05, 0.1) is 29.1 Å². The van der Waals surface area contributed by atoms with Gasteiger partial charge >= 0.3 is 0 Å². The third kappa shape index (κ3) is 3.12. The highest BCUT2D eigenvalue weighted by molar-refractivity contribution is 6.37. The fourth-order valence-corrected chi connectivity index (χ4v) is 4.30. The van der Waals surface area contributed by atoms with Gasteiger partial charge in [-0.2, -0.15) is 0 Å². The minimum absolute atomic E-state index is 0.229. The minimum Gasteiger partial charge on any atom is -0.388 e. The Bertz CT molecular complexity index is 1020. The summed E-state index contributed by atoms with van der Waals surface area (Å²) in [6.45, 7) is 0. The van der Waals surface area contributed by atoms with E-state index in [1.807, 2.05) is 0 Å². The van der Waals surface area contributed by atoms with Crippen LogP contribution in [0.1, 0.15) is 28.5 Å². The smallest absolute Gasteiger partial charge is 0.173 e. The van der Waals surface area contributed by atoms with Crippen molar-refractivity contribution < 1.29 is 19.8 Å². The Morgan fingerprint density at radius 3 is 2.21 bits per heavy atom. The van der Waals surface area contributed by atoms with Crippen LogP contribution in [-0.4, -0.2) is 34.0 Å². The van der Waals surface area contributed by atoms with Crippen molar-refractivity contribution in [3.8, 4) is 0 Å². The van der Waals surface area contributed by atoms with Gasteiger partial charge in [-0.25, -0.2) is 0 Å². The summed E-state index contributed by atoms with van der Waals surface area (Å²) in [5, 5.41) is 21.4. The van der Waals surface area contributed by atoms with Crippen molar-refractivity contribution in [1.29, 1.82) is 0 Å². The molecule has 2 unspecified atom stereocenters. The molecule has 2 aromatic carbocycles. The van der Waals surface area contributed by atoms with Gasteiger partial charge in [0.15, 0.2) is 11.6 Å². The summed E-state index contributed by atoms with van der Waals surface area (Å²) < 4.78 is 0. The topological polar surface area (TPSA) is 74.6 Å². The predicted octanol–water partition coefficient (Wildman–Crippen LogP) is 3.69. The molecule has 0 saturated carbocycles. The minimum atomic E-state index is -0.997. The number of aliphatic hydroxyl groups excluding tert-OH is 2. The van der Waals surface area contributed by atoms with Gasteiger partial charge in [-0.05, 0) is 35.4 Å². The normalized spacial score (nSPS) is 26.8. The maximum atomic E-state index is 13.1. The molecule has 2 aliphatic carbocycles. The maximum absolute atomic E-state index is 13.1. The SMILES string of the molecule is O=C1C(c2cccc(C3C(=O)C=C[C@@H]3O)c2Cl)=C[C@H](O)C1c1ccc(Cl)cc1. The van der Waals surface area contributed by atoms with Gasteiger partial charge in [0.1, 0.15) is 0 Å². The quantitative estimate of drug-likeness (QED) is 0.802. The summed E-state index contributed by atoms with van der Waals surface area (Å²) in [5.74, 6) is -2.03. The summed E-state index contributed by atoms with van der Waals surface area (Å²) in [6, 6.07) is 11.8. The molecule has 0 bridgehead atoms. The molecule has 142 valence electrons. The van der Waals surface area contributed by atoms with Crippen LogP contribution in [0, 0.1) is 0 Å². The van der Waals surface area contributed by atoms with Crippen LogP contribution in [0.25, 0.3) is 5.57 Å². The van der Waals surface area contributed by atoms with Crippen molar-refractivity contribution in [2.24, 2.45) is 0 Å². The monoisotopic (exact) mass is 414 g/mol. The van der Waals surface area contributed by atoms with E-state index in [0.717, 1.165) is 0 Å². The molecular weight excluding hydrogens is 399 g/mol. The predicted molar refractivity (Wildman–Crippen MR) is 108 cm³/mol. The highest BCUT2D eigenvalue weighted by Gasteiger charge is 2.38. The van der Waals surface area contributed by atoms with Crippen molar-refractivity contribution in [3.63, 3.8) is 0 Å². The summed E-state index contributed by atoms with van der Waals surface area (Å²) in [6.07, 6.45) is 2.29. The van der Waals surface area contributed by atoms with E-state index in [4.69, 9.17) is 23.2 Å². The number of carbonyl (C=O) groups is 2. The van der Waals surface area contributed by atoms with Gasteiger partial charge in [0.25, 0.3) is 0 Å². The molecule has 0 aliphatic heterocycles. The Labute approximate surface area is 171 Å². The summed E-state index contributed by atoms with van der Waals surface area (Å²) in [4.78, 5) is 25.2. The molecule has 4 rings (SSSR count). The second kappa shape index (κ2) is 7.30. The molecule has 4 nitrogen and oxygen atoms in total. The van der Waals surface area contributed by atoms with E-state index in [9.17, 15) is 19.8 Å². The number of halogens is 2. The van der Waals surface area contributed by atoms with Crippen LogP contribution in [0.2, 0.25) is 10.0 Å². The van der Waals surface area contributed by atoms with Crippen LogP contribution < -0.4 is 0 Å². The summed E-state index contributed by atoms with van der Waals surface area (Å²) in [5.41, 5.74) is 1.85. The average molecular weight is 415 g/mol. The number of ketones is 2. The fourth-order valence-electron chi connectivity index (χ4n) is 3.82. The molecule has 2 aromatic rings. The molecule has 0 heterocycles. The molecule has 0 aromatic heterocycles. The second-order valence-electron chi connectivity index (χ2n) is 6.90. The maximum Gasteiger partial charge on any atom is 0.173 e. The Kier molecular flexibility index (Phi) is 4.98. The van der Waals surface area contributed by atoms with E-state index in [1.54, 1.807) is 42.5 Å². The molecule has 6 heteroatoms. The van der Waals surface area contributed by atoms with Gasteiger partial charge in [0, 0.05) is 16.2 Å². The number of aliphatic hydroxyl groups is 2. The number of rotatable bonds is 3. The Morgan fingerprint density at radius 1 is 0.857 bits per heavy atom. The second-order valence-corrected chi connectivity index (χ2v) is 7.72. The lowest BCUT2D eigenvalue weighted by molar-refractivity contribution is -0.117. The van der Waals surface area contributed by atoms with E-state index in [-0.39, 0.29) is 16.6 Å². The van der Waals surface area contributed by atoms with Crippen LogP contribution in [0.3, 0.4) is 0 Å². The van der Waals surface area contributed by atoms with Crippen molar-refractivity contribution >= 4 is 40.3 Å². The van der Waals surface area contributed by atoms with Crippen LogP contribution in [0.5, 0.6) is 0 Å². The molecule has 0 radical (unpaired) electrons. The number of hydrogen-bond acceptors (Lipinski definition) is 4. The van der Waals surface area contributed by atoms with Gasteiger partial charge in [-0.3, -0.25) is 9.59 Å². The Hall–Kier alpha value is -2.24. The lowest BCUT2D eigenvalue weighted by Crippen LogP contribution is -2.19. The van der Waals surface area contributed by atoms with Gasteiger partial charge in [0.2, 0.25) is 0 Å². The number of hydrogen-bond donors (Lipinski definition) is 2. The first-order valence-corrected chi connectivity index (χ1v) is 9.52. The third-order valence-electron chi connectivity index (χ3n) is 5.22. The Morgan fingerprint density at radius 2 is 1.57 bits per heavy atom. The molecule has 0 fully saturated rings. The van der Waals surface area contributed by atoms with Crippen LogP contribution in [-0.2, 0) is 9.59 Å². The molecule has 0 spiro atoms. The average Bonchev–Trinajstić information content (AvgIpc) is 3.15. The number of carbonyl (C=O) groups excluding carboxylic acids is 2. The third-order valence-corrected chi connectivity index (χ3v) is 5.89. The Balaban J connectivity index is 1.71. The molecule has 2 aliphatic rings. The zero-order chi connectivity index (χ0) is 20.0. The summed E-state index contributed by atoms with van der Waals surface area (Å²) in [7, 11) is 0. The number of allylic oxidation sites excluding steroid dienone is 2. The van der Waals surface area contributed by atoms with Crippen molar-refractivity contribution in [2.75, 3.05) is 0 Å². The van der Waals surface area contributed by atoms with Crippen LogP contribution in [0.15, 0.2) is 60.7 Å². The van der Waals surface area contributed by atoms with Crippen molar-refractivity contribution in [1.82, 2.24) is 0 Å². The summed E-state index contributed by atoms with van der Waals surface area (Å²) >= 11 is 12.5. The highest BCUT2D eigenvalue weighted by Crippen LogP contribution is 2.41.